The van der Waals surface area contributed by atoms with E-state index in [-0.39, 0.29) is 23.4 Å². The van der Waals surface area contributed by atoms with Crippen molar-refractivity contribution >= 4 is 18.2 Å². The molecular weight excluding hydrogens is 348 g/mol. The molecule has 0 unspecified atom stereocenters. The summed E-state index contributed by atoms with van der Waals surface area (Å²) in [7, 11) is 4.69. The van der Waals surface area contributed by atoms with Crippen molar-refractivity contribution in [3.05, 3.63) is 64.2 Å². The number of ether oxygens (including phenoxy) is 2. The highest BCUT2D eigenvalue weighted by Gasteiger charge is 2.14. The van der Waals surface area contributed by atoms with Gasteiger partial charge in [-0.25, -0.2) is 0 Å². The molecule has 2 aromatic rings. The molecule has 0 radical (unpaired) electrons. The summed E-state index contributed by atoms with van der Waals surface area (Å²) in [6, 6.07) is 6.48. The number of carbonyl (C=O) groups excluding carboxylic acids is 1. The van der Waals surface area contributed by atoms with E-state index in [1.165, 1.54) is 18.1 Å². The second kappa shape index (κ2) is 9.14. The standard InChI is InChI=1S/C19H20N4O4/c1-23(2)19(25)13-8-10-14(11-9-13)27-18-16(26-3)17(24)21-15(22-18)7-5-4-6-12-20/h4-12,20H,1-3H3,(H,21,22,24)/b6-4-,7-5+,20-12?. The highest BCUT2D eigenvalue weighted by atomic mass is 16.5. The molecule has 1 aromatic carbocycles. The second-order valence-electron chi connectivity index (χ2n) is 5.53. The van der Waals surface area contributed by atoms with Gasteiger partial charge in [-0.15, -0.1) is 0 Å². The van der Waals surface area contributed by atoms with Gasteiger partial charge in [0.05, 0.1) is 7.11 Å². The van der Waals surface area contributed by atoms with Gasteiger partial charge in [-0.05, 0) is 36.4 Å². The number of aromatic nitrogens is 2. The van der Waals surface area contributed by atoms with Gasteiger partial charge in [-0.3, -0.25) is 9.59 Å². The van der Waals surface area contributed by atoms with Crippen LogP contribution in [0.4, 0.5) is 0 Å². The van der Waals surface area contributed by atoms with Gasteiger partial charge in [0.15, 0.2) is 0 Å². The molecule has 140 valence electrons. The van der Waals surface area contributed by atoms with Crippen LogP contribution in [-0.4, -0.2) is 48.2 Å². The number of allylic oxidation sites excluding steroid dienone is 3. The van der Waals surface area contributed by atoms with Crippen LogP contribution in [0.1, 0.15) is 16.2 Å². The Morgan fingerprint density at radius 2 is 1.89 bits per heavy atom. The maximum absolute atomic E-state index is 12.2. The normalized spacial score (nSPS) is 10.9. The summed E-state index contributed by atoms with van der Waals surface area (Å²) < 4.78 is 10.8. The van der Waals surface area contributed by atoms with E-state index < -0.39 is 5.56 Å². The smallest absolute Gasteiger partial charge is 0.297 e. The molecule has 8 nitrogen and oxygen atoms in total. The number of nitrogens with one attached hydrogen (secondary N) is 2. The van der Waals surface area contributed by atoms with Gasteiger partial charge >= 0.3 is 0 Å². The van der Waals surface area contributed by atoms with Gasteiger partial charge in [0.25, 0.3) is 17.3 Å². The summed E-state index contributed by atoms with van der Waals surface area (Å²) in [5.41, 5.74) is 0.0254. The zero-order chi connectivity index (χ0) is 19.8. The van der Waals surface area contributed by atoms with Crippen molar-refractivity contribution in [2.45, 2.75) is 0 Å². The lowest BCUT2D eigenvalue weighted by Crippen LogP contribution is -2.21. The van der Waals surface area contributed by atoms with Crippen LogP contribution in [0.15, 0.2) is 47.3 Å². The van der Waals surface area contributed by atoms with E-state index in [1.54, 1.807) is 56.6 Å². The first-order valence-electron chi connectivity index (χ1n) is 7.98. The number of H-pyrrole nitrogens is 1. The fourth-order valence-electron chi connectivity index (χ4n) is 2.09. The summed E-state index contributed by atoms with van der Waals surface area (Å²) in [5.74, 6) is 0.489. The van der Waals surface area contributed by atoms with Crippen molar-refractivity contribution in [3.8, 4) is 17.4 Å². The van der Waals surface area contributed by atoms with Gasteiger partial charge in [-0.1, -0.05) is 12.2 Å². The number of carbonyl (C=O) groups is 1. The van der Waals surface area contributed by atoms with Gasteiger partial charge in [0.1, 0.15) is 11.6 Å². The number of amides is 1. The van der Waals surface area contributed by atoms with Gasteiger partial charge in [0.2, 0.25) is 5.75 Å². The number of benzene rings is 1. The Balaban J connectivity index is 2.31. The fraction of sp³-hybridized carbons (Fsp3) is 0.158. The Labute approximate surface area is 156 Å². The zero-order valence-corrected chi connectivity index (χ0v) is 15.2. The van der Waals surface area contributed by atoms with Crippen molar-refractivity contribution in [2.24, 2.45) is 0 Å². The Morgan fingerprint density at radius 3 is 2.48 bits per heavy atom. The molecule has 0 bridgehead atoms. The van der Waals surface area contributed by atoms with Gasteiger partial charge in [-0.2, -0.15) is 4.98 Å². The topological polar surface area (TPSA) is 108 Å². The minimum atomic E-state index is -0.488. The van der Waals surface area contributed by atoms with Crippen molar-refractivity contribution in [3.63, 3.8) is 0 Å². The summed E-state index contributed by atoms with van der Waals surface area (Å²) in [4.78, 5) is 32.4. The Kier molecular flexibility index (Phi) is 6.65. The van der Waals surface area contributed by atoms with Crippen LogP contribution in [0.3, 0.4) is 0 Å². The van der Waals surface area contributed by atoms with Crippen molar-refractivity contribution < 1.29 is 14.3 Å². The van der Waals surface area contributed by atoms with Crippen molar-refractivity contribution in [1.29, 1.82) is 5.41 Å². The van der Waals surface area contributed by atoms with Crippen LogP contribution in [0.25, 0.3) is 6.08 Å². The van der Waals surface area contributed by atoms with E-state index in [4.69, 9.17) is 14.9 Å². The maximum atomic E-state index is 12.2. The lowest BCUT2D eigenvalue weighted by molar-refractivity contribution is 0.0827. The quantitative estimate of drug-likeness (QED) is 0.576. The maximum Gasteiger partial charge on any atom is 0.297 e. The summed E-state index contributed by atoms with van der Waals surface area (Å²) >= 11 is 0. The van der Waals surface area contributed by atoms with Crippen LogP contribution < -0.4 is 15.0 Å². The first-order valence-corrected chi connectivity index (χ1v) is 7.98. The largest absolute Gasteiger partial charge is 0.487 e. The van der Waals surface area contributed by atoms with E-state index in [1.807, 2.05) is 0 Å². The monoisotopic (exact) mass is 368 g/mol. The molecule has 0 spiro atoms. The van der Waals surface area contributed by atoms with Crippen LogP contribution in [-0.2, 0) is 0 Å². The third-order valence-corrected chi connectivity index (χ3v) is 3.36. The molecule has 0 saturated carbocycles. The number of nitrogens with zero attached hydrogens (tertiary/aromatic N) is 2. The van der Waals surface area contributed by atoms with Gasteiger partial charge < -0.3 is 24.8 Å². The van der Waals surface area contributed by atoms with Crippen LogP contribution >= 0.6 is 0 Å². The molecule has 27 heavy (non-hydrogen) atoms. The zero-order valence-electron chi connectivity index (χ0n) is 15.2. The van der Waals surface area contributed by atoms with E-state index >= 15 is 0 Å². The number of methoxy groups -OCH3 is 1. The SMILES string of the molecule is COc1c(Oc2ccc(C(=O)N(C)C)cc2)nc(/C=C/C=C\C=N)[nH]c1=O. The Morgan fingerprint density at radius 1 is 1.19 bits per heavy atom. The van der Waals surface area contributed by atoms with Gasteiger partial charge in [0, 0.05) is 25.9 Å². The van der Waals surface area contributed by atoms with E-state index in [9.17, 15) is 9.59 Å². The number of hydrogen-bond donors (Lipinski definition) is 2. The molecule has 0 atom stereocenters. The predicted molar refractivity (Wildman–Crippen MR) is 103 cm³/mol. The molecule has 0 aliphatic carbocycles. The molecule has 0 aliphatic heterocycles. The minimum Gasteiger partial charge on any atom is -0.487 e. The lowest BCUT2D eigenvalue weighted by Gasteiger charge is -2.12. The summed E-state index contributed by atoms with van der Waals surface area (Å²) in [6.07, 6.45) is 7.46. The number of hydrogen-bond acceptors (Lipinski definition) is 6. The highest BCUT2D eigenvalue weighted by Crippen LogP contribution is 2.26. The molecular formula is C19H20N4O4. The molecule has 1 aromatic heterocycles. The molecule has 1 heterocycles. The highest BCUT2D eigenvalue weighted by molar-refractivity contribution is 5.93. The Bertz CT molecular complexity index is 928. The van der Waals surface area contributed by atoms with Crippen LogP contribution in [0.2, 0.25) is 0 Å². The van der Waals surface area contributed by atoms with Crippen LogP contribution in [0, 0.1) is 5.41 Å². The minimum absolute atomic E-state index is 0.00335. The molecule has 2 N–H and O–H groups in total. The first-order chi connectivity index (χ1) is 13.0. The van der Waals surface area contributed by atoms with E-state index in [0.717, 1.165) is 6.21 Å². The van der Waals surface area contributed by atoms with E-state index in [0.29, 0.717) is 11.3 Å². The second-order valence-corrected chi connectivity index (χ2v) is 5.53. The average Bonchev–Trinajstić information content (AvgIpc) is 2.65. The first kappa shape index (κ1) is 19.6. The summed E-state index contributed by atoms with van der Waals surface area (Å²) in [6.45, 7) is 0. The lowest BCUT2D eigenvalue weighted by atomic mass is 10.2. The number of aromatic amines is 1. The molecule has 1 amide bonds. The molecule has 2 rings (SSSR count). The predicted octanol–water partition coefficient (Wildman–Crippen LogP) is 2.49. The molecule has 0 fully saturated rings. The third-order valence-electron chi connectivity index (χ3n) is 3.36. The molecule has 0 saturated heterocycles. The van der Waals surface area contributed by atoms with Crippen LogP contribution in [0.5, 0.6) is 17.4 Å². The van der Waals surface area contributed by atoms with Crippen molar-refractivity contribution in [1.82, 2.24) is 14.9 Å². The third kappa shape index (κ3) is 5.15. The summed E-state index contributed by atoms with van der Waals surface area (Å²) in [5, 5.41) is 6.92. The Hall–Kier alpha value is -3.68. The van der Waals surface area contributed by atoms with Crippen molar-refractivity contribution in [2.75, 3.05) is 21.2 Å². The fourth-order valence-corrected chi connectivity index (χ4v) is 2.09. The van der Waals surface area contributed by atoms with E-state index in [2.05, 4.69) is 9.97 Å². The molecule has 8 heteroatoms. The average molecular weight is 368 g/mol. The number of rotatable bonds is 7. The molecule has 0 aliphatic rings.